The molecule has 3 aromatic rings. The molecule has 1 aromatic heterocycles. The molecule has 2 N–H and O–H groups in total. The molecule has 4 nitrogen and oxygen atoms in total. The number of aryl methyl sites for hydroxylation is 1. The van der Waals surface area contributed by atoms with Gasteiger partial charge in [0.2, 0.25) is 0 Å². The predicted molar refractivity (Wildman–Crippen MR) is 107 cm³/mol. The SMILES string of the molecule is Cc1ccc2c(NC(=S)NC(=O)c3ccc(Cl)cc3Cl)cccc2n1. The molecule has 0 saturated carbocycles. The van der Waals surface area contributed by atoms with Crippen LogP contribution in [0.5, 0.6) is 0 Å². The maximum atomic E-state index is 12.3. The molecule has 0 fully saturated rings. The van der Waals surface area contributed by atoms with Gasteiger partial charge in [0.1, 0.15) is 0 Å². The summed E-state index contributed by atoms with van der Waals surface area (Å²) in [6, 6.07) is 14.2. The maximum Gasteiger partial charge on any atom is 0.258 e. The number of benzene rings is 2. The zero-order chi connectivity index (χ0) is 18.0. The topological polar surface area (TPSA) is 54.0 Å². The third kappa shape index (κ3) is 4.07. The van der Waals surface area contributed by atoms with E-state index in [1.54, 1.807) is 12.1 Å². The van der Waals surface area contributed by atoms with Crippen LogP contribution >= 0.6 is 35.4 Å². The van der Waals surface area contributed by atoms with Gasteiger partial charge in [-0.15, -0.1) is 0 Å². The molecular weight excluding hydrogens is 377 g/mol. The van der Waals surface area contributed by atoms with E-state index in [1.165, 1.54) is 6.07 Å². The summed E-state index contributed by atoms with van der Waals surface area (Å²) in [6.45, 7) is 1.93. The summed E-state index contributed by atoms with van der Waals surface area (Å²) >= 11 is 17.1. The Hall–Kier alpha value is -2.21. The zero-order valence-corrected chi connectivity index (χ0v) is 15.5. The molecule has 1 amide bonds. The number of carbonyl (C=O) groups is 1. The van der Waals surface area contributed by atoms with Crippen molar-refractivity contribution in [1.29, 1.82) is 0 Å². The summed E-state index contributed by atoms with van der Waals surface area (Å²) in [7, 11) is 0. The van der Waals surface area contributed by atoms with E-state index in [1.807, 2.05) is 37.3 Å². The normalized spacial score (nSPS) is 10.5. The Labute approximate surface area is 160 Å². The number of carbonyl (C=O) groups excluding carboxylic acids is 1. The average molecular weight is 390 g/mol. The van der Waals surface area contributed by atoms with Crippen LogP contribution in [0.25, 0.3) is 10.9 Å². The average Bonchev–Trinajstić information content (AvgIpc) is 2.54. The van der Waals surface area contributed by atoms with E-state index in [2.05, 4.69) is 15.6 Å². The molecule has 0 unspecified atom stereocenters. The van der Waals surface area contributed by atoms with Gasteiger partial charge in [-0.3, -0.25) is 15.1 Å². The highest BCUT2D eigenvalue weighted by Gasteiger charge is 2.13. The quantitative estimate of drug-likeness (QED) is 0.607. The van der Waals surface area contributed by atoms with Crippen molar-refractivity contribution in [3.8, 4) is 0 Å². The lowest BCUT2D eigenvalue weighted by Crippen LogP contribution is -2.34. The van der Waals surface area contributed by atoms with Crippen molar-refractivity contribution in [2.24, 2.45) is 0 Å². The Bertz CT molecular complexity index is 991. The molecule has 25 heavy (non-hydrogen) atoms. The van der Waals surface area contributed by atoms with E-state index >= 15 is 0 Å². The van der Waals surface area contributed by atoms with Crippen LogP contribution in [0.15, 0.2) is 48.5 Å². The number of halogens is 2. The number of rotatable bonds is 2. The molecular formula is C18H13Cl2N3OS. The van der Waals surface area contributed by atoms with Crippen LogP contribution in [-0.4, -0.2) is 16.0 Å². The molecule has 0 aliphatic heterocycles. The van der Waals surface area contributed by atoms with Gasteiger partial charge in [0.15, 0.2) is 5.11 Å². The lowest BCUT2D eigenvalue weighted by molar-refractivity contribution is 0.0978. The summed E-state index contributed by atoms with van der Waals surface area (Å²) in [5, 5.41) is 7.44. The summed E-state index contributed by atoms with van der Waals surface area (Å²) in [4.78, 5) is 16.8. The minimum absolute atomic E-state index is 0.170. The number of nitrogens with one attached hydrogen (secondary N) is 2. The molecule has 0 aliphatic rings. The fourth-order valence-corrected chi connectivity index (χ4v) is 3.06. The first-order valence-corrected chi connectivity index (χ1v) is 8.54. The van der Waals surface area contributed by atoms with Crippen LogP contribution in [0.3, 0.4) is 0 Å². The third-order valence-electron chi connectivity index (χ3n) is 3.52. The highest BCUT2D eigenvalue weighted by molar-refractivity contribution is 7.80. The minimum atomic E-state index is -0.409. The van der Waals surface area contributed by atoms with Gasteiger partial charge in [-0.05, 0) is 61.6 Å². The molecule has 0 radical (unpaired) electrons. The molecule has 0 bridgehead atoms. The van der Waals surface area contributed by atoms with E-state index in [0.717, 1.165) is 22.3 Å². The Morgan fingerprint density at radius 3 is 2.68 bits per heavy atom. The highest BCUT2D eigenvalue weighted by atomic mass is 35.5. The Morgan fingerprint density at radius 1 is 1.12 bits per heavy atom. The largest absolute Gasteiger partial charge is 0.332 e. The van der Waals surface area contributed by atoms with Crippen molar-refractivity contribution in [1.82, 2.24) is 10.3 Å². The first kappa shape index (κ1) is 17.6. The third-order valence-corrected chi connectivity index (χ3v) is 4.27. The molecule has 126 valence electrons. The van der Waals surface area contributed by atoms with Crippen molar-refractivity contribution < 1.29 is 4.79 Å². The van der Waals surface area contributed by atoms with Crippen LogP contribution in [-0.2, 0) is 0 Å². The number of fused-ring (bicyclic) bond motifs is 1. The minimum Gasteiger partial charge on any atom is -0.332 e. The second-order valence-corrected chi connectivity index (χ2v) is 6.61. The van der Waals surface area contributed by atoms with E-state index in [9.17, 15) is 4.79 Å². The fraction of sp³-hybridized carbons (Fsp3) is 0.0556. The molecule has 0 saturated heterocycles. The second-order valence-electron chi connectivity index (χ2n) is 5.36. The first-order chi connectivity index (χ1) is 11.9. The number of anilines is 1. The lowest BCUT2D eigenvalue weighted by atomic mass is 10.1. The summed E-state index contributed by atoms with van der Waals surface area (Å²) in [6.07, 6.45) is 0. The van der Waals surface area contributed by atoms with Crippen LogP contribution in [0.1, 0.15) is 16.1 Å². The van der Waals surface area contributed by atoms with E-state index in [0.29, 0.717) is 10.6 Å². The maximum absolute atomic E-state index is 12.3. The van der Waals surface area contributed by atoms with Crippen LogP contribution < -0.4 is 10.6 Å². The number of pyridine rings is 1. The van der Waals surface area contributed by atoms with E-state index < -0.39 is 5.91 Å². The van der Waals surface area contributed by atoms with Gasteiger partial charge >= 0.3 is 0 Å². The smallest absolute Gasteiger partial charge is 0.258 e. The van der Waals surface area contributed by atoms with Gasteiger partial charge in [-0.2, -0.15) is 0 Å². The lowest BCUT2D eigenvalue weighted by Gasteiger charge is -2.12. The summed E-state index contributed by atoms with van der Waals surface area (Å²) in [5.74, 6) is -0.409. The van der Waals surface area contributed by atoms with E-state index in [4.69, 9.17) is 35.4 Å². The Morgan fingerprint density at radius 2 is 1.92 bits per heavy atom. The van der Waals surface area contributed by atoms with Crippen LogP contribution in [0.2, 0.25) is 10.0 Å². The number of hydrogen-bond acceptors (Lipinski definition) is 3. The number of amides is 1. The Kier molecular flexibility index (Phi) is 5.18. The first-order valence-electron chi connectivity index (χ1n) is 7.38. The van der Waals surface area contributed by atoms with E-state index in [-0.39, 0.29) is 10.1 Å². The monoisotopic (exact) mass is 389 g/mol. The molecule has 2 aromatic carbocycles. The van der Waals surface area contributed by atoms with Crippen molar-refractivity contribution in [2.45, 2.75) is 6.92 Å². The second kappa shape index (κ2) is 7.35. The van der Waals surface area contributed by atoms with Crippen molar-refractivity contribution in [2.75, 3.05) is 5.32 Å². The van der Waals surface area contributed by atoms with Crippen LogP contribution in [0.4, 0.5) is 5.69 Å². The number of hydrogen-bond donors (Lipinski definition) is 2. The molecule has 0 aliphatic carbocycles. The predicted octanol–water partition coefficient (Wildman–Crippen LogP) is 4.98. The van der Waals surface area contributed by atoms with Crippen molar-refractivity contribution in [3.63, 3.8) is 0 Å². The molecule has 7 heteroatoms. The zero-order valence-electron chi connectivity index (χ0n) is 13.1. The van der Waals surface area contributed by atoms with Gasteiger partial charge in [0, 0.05) is 21.8 Å². The van der Waals surface area contributed by atoms with Gasteiger partial charge in [-0.1, -0.05) is 29.3 Å². The number of aromatic nitrogens is 1. The van der Waals surface area contributed by atoms with Gasteiger partial charge in [0.05, 0.1) is 16.1 Å². The standard InChI is InChI=1S/C18H13Cl2N3OS/c1-10-5-7-13-15(21-10)3-2-4-16(13)22-18(25)23-17(24)12-8-6-11(19)9-14(12)20/h2-9H,1H3,(H2,22,23,24,25). The van der Waals surface area contributed by atoms with Gasteiger partial charge < -0.3 is 5.32 Å². The summed E-state index contributed by atoms with van der Waals surface area (Å²) in [5.41, 5.74) is 2.83. The van der Waals surface area contributed by atoms with Gasteiger partial charge in [-0.25, -0.2) is 0 Å². The van der Waals surface area contributed by atoms with Crippen molar-refractivity contribution >= 4 is 63.0 Å². The highest BCUT2D eigenvalue weighted by Crippen LogP contribution is 2.23. The van der Waals surface area contributed by atoms with Gasteiger partial charge in [0.25, 0.3) is 5.91 Å². The number of thiocarbonyl (C=S) groups is 1. The molecule has 1 heterocycles. The Balaban J connectivity index is 1.78. The summed E-state index contributed by atoms with van der Waals surface area (Å²) < 4.78 is 0. The molecule has 0 spiro atoms. The number of nitrogens with zero attached hydrogens (tertiary/aromatic N) is 1. The van der Waals surface area contributed by atoms with Crippen LogP contribution in [0, 0.1) is 6.92 Å². The molecule has 0 atom stereocenters. The fourth-order valence-electron chi connectivity index (χ4n) is 2.36. The molecule has 3 rings (SSSR count). The van der Waals surface area contributed by atoms with Crippen molar-refractivity contribution in [3.05, 3.63) is 69.8 Å².